The lowest BCUT2D eigenvalue weighted by molar-refractivity contribution is -0.136. The fourth-order valence-corrected chi connectivity index (χ4v) is 1.53. The first-order valence-corrected chi connectivity index (χ1v) is 4.59. The minimum absolute atomic E-state index is 0.159. The van der Waals surface area contributed by atoms with Crippen LogP contribution in [0.5, 0.6) is 0 Å². The molecule has 0 amide bonds. The van der Waals surface area contributed by atoms with E-state index in [9.17, 15) is 14.0 Å². The lowest BCUT2D eigenvalue weighted by atomic mass is 10.1. The molecule has 4 nitrogen and oxygen atoms in total. The van der Waals surface area contributed by atoms with Crippen molar-refractivity contribution >= 4 is 16.9 Å². The highest BCUT2D eigenvalue weighted by molar-refractivity contribution is 5.80. The van der Waals surface area contributed by atoms with Crippen LogP contribution in [0.4, 0.5) is 4.39 Å². The Balaban J connectivity index is 2.66. The molecule has 0 atom stereocenters. The maximum absolute atomic E-state index is 12.9. The van der Waals surface area contributed by atoms with Crippen LogP contribution in [0, 0.1) is 5.82 Å². The van der Waals surface area contributed by atoms with E-state index >= 15 is 0 Å². The zero-order valence-electron chi connectivity index (χ0n) is 8.16. The molecule has 2 aromatic rings. The van der Waals surface area contributed by atoms with Crippen molar-refractivity contribution in [2.75, 3.05) is 0 Å². The Morgan fingerprint density at radius 1 is 1.44 bits per heavy atom. The summed E-state index contributed by atoms with van der Waals surface area (Å²) in [7, 11) is 0. The van der Waals surface area contributed by atoms with E-state index in [2.05, 4.69) is 4.98 Å². The van der Waals surface area contributed by atoms with Crippen LogP contribution < -0.4 is 5.43 Å². The highest BCUT2D eigenvalue weighted by Crippen LogP contribution is 2.10. The molecular formula is C11H8FNO3. The third-order valence-electron chi connectivity index (χ3n) is 2.26. The van der Waals surface area contributed by atoms with Gasteiger partial charge in [-0.2, -0.15) is 0 Å². The average Bonchev–Trinajstić information content (AvgIpc) is 2.22. The number of aliphatic carboxylic acids is 1. The van der Waals surface area contributed by atoms with Gasteiger partial charge in [-0.25, -0.2) is 4.39 Å². The van der Waals surface area contributed by atoms with Gasteiger partial charge in [0, 0.05) is 17.1 Å². The summed E-state index contributed by atoms with van der Waals surface area (Å²) in [5.41, 5.74) is 0.141. The monoisotopic (exact) mass is 221 g/mol. The number of nitrogens with one attached hydrogen (secondary N) is 1. The third-order valence-corrected chi connectivity index (χ3v) is 2.26. The molecule has 0 fully saturated rings. The lowest BCUT2D eigenvalue weighted by Gasteiger charge is -2.01. The number of carbonyl (C=O) groups is 1. The molecule has 1 aromatic heterocycles. The number of hydrogen-bond donors (Lipinski definition) is 2. The van der Waals surface area contributed by atoms with E-state index in [4.69, 9.17) is 5.11 Å². The SMILES string of the molecule is O=C(O)Cc1c[nH]c2cc(F)ccc2c1=O. The van der Waals surface area contributed by atoms with Crippen molar-refractivity contribution in [2.24, 2.45) is 0 Å². The Bertz CT molecular complexity index is 618. The molecule has 0 unspecified atom stereocenters. The maximum atomic E-state index is 12.9. The number of fused-ring (bicyclic) bond motifs is 1. The highest BCUT2D eigenvalue weighted by Gasteiger charge is 2.08. The van der Waals surface area contributed by atoms with Crippen molar-refractivity contribution in [1.29, 1.82) is 0 Å². The molecule has 0 bridgehead atoms. The molecule has 0 saturated heterocycles. The number of benzene rings is 1. The van der Waals surface area contributed by atoms with Crippen molar-refractivity contribution in [2.45, 2.75) is 6.42 Å². The summed E-state index contributed by atoms with van der Waals surface area (Å²) in [6.07, 6.45) is 0.959. The number of pyridine rings is 1. The van der Waals surface area contributed by atoms with Crippen LogP contribution >= 0.6 is 0 Å². The van der Waals surface area contributed by atoms with Crippen molar-refractivity contribution in [3.63, 3.8) is 0 Å². The van der Waals surface area contributed by atoms with E-state index in [1.807, 2.05) is 0 Å². The number of carboxylic acids is 1. The van der Waals surface area contributed by atoms with E-state index in [1.54, 1.807) is 0 Å². The van der Waals surface area contributed by atoms with Gasteiger partial charge in [0.2, 0.25) is 0 Å². The van der Waals surface area contributed by atoms with Crippen LogP contribution in [-0.2, 0) is 11.2 Å². The van der Waals surface area contributed by atoms with Gasteiger partial charge in [0.05, 0.1) is 11.9 Å². The zero-order chi connectivity index (χ0) is 11.7. The molecule has 0 aliphatic rings. The third kappa shape index (κ3) is 1.79. The van der Waals surface area contributed by atoms with Gasteiger partial charge in [-0.05, 0) is 18.2 Å². The van der Waals surface area contributed by atoms with Crippen LogP contribution in [-0.4, -0.2) is 16.1 Å². The van der Waals surface area contributed by atoms with E-state index in [1.165, 1.54) is 24.4 Å². The molecule has 16 heavy (non-hydrogen) atoms. The molecule has 0 aliphatic carbocycles. The molecule has 2 N–H and O–H groups in total. The molecule has 1 heterocycles. The molecule has 0 spiro atoms. The van der Waals surface area contributed by atoms with Crippen LogP contribution in [0.15, 0.2) is 29.2 Å². The van der Waals surface area contributed by atoms with Crippen LogP contribution in [0.3, 0.4) is 0 Å². The molecule has 0 saturated carbocycles. The quantitative estimate of drug-likeness (QED) is 0.802. The predicted molar refractivity (Wildman–Crippen MR) is 55.9 cm³/mol. The second-order valence-corrected chi connectivity index (χ2v) is 3.40. The normalized spacial score (nSPS) is 10.6. The smallest absolute Gasteiger partial charge is 0.308 e. The first-order valence-electron chi connectivity index (χ1n) is 4.59. The van der Waals surface area contributed by atoms with Crippen molar-refractivity contribution < 1.29 is 14.3 Å². The summed E-state index contributed by atoms with van der Waals surface area (Å²) in [5.74, 6) is -1.53. The fraction of sp³-hybridized carbons (Fsp3) is 0.0909. The van der Waals surface area contributed by atoms with E-state index in [0.29, 0.717) is 10.9 Å². The molecule has 1 aromatic carbocycles. The van der Waals surface area contributed by atoms with Crippen LogP contribution in [0.2, 0.25) is 0 Å². The number of hydrogen-bond acceptors (Lipinski definition) is 2. The van der Waals surface area contributed by atoms with Gasteiger partial charge >= 0.3 is 5.97 Å². The standard InChI is InChI=1S/C11H8FNO3/c12-7-1-2-8-9(4-7)13-5-6(11(8)16)3-10(14)15/h1-2,4-5H,3H2,(H,13,16)(H,14,15). The molecule has 0 aliphatic heterocycles. The largest absolute Gasteiger partial charge is 0.481 e. The number of carboxylic acid groups (broad SMARTS) is 1. The van der Waals surface area contributed by atoms with Crippen molar-refractivity contribution in [3.8, 4) is 0 Å². The summed E-state index contributed by atoms with van der Waals surface area (Å²) in [6, 6.07) is 3.71. The molecular weight excluding hydrogens is 213 g/mol. The molecule has 82 valence electrons. The Labute approximate surface area is 89.3 Å². The highest BCUT2D eigenvalue weighted by atomic mass is 19.1. The number of H-pyrrole nitrogens is 1. The van der Waals surface area contributed by atoms with Crippen molar-refractivity contribution in [3.05, 3.63) is 46.0 Å². The van der Waals surface area contributed by atoms with Crippen LogP contribution in [0.25, 0.3) is 10.9 Å². The summed E-state index contributed by atoms with van der Waals surface area (Å²) in [6.45, 7) is 0. The van der Waals surface area contributed by atoms with Gasteiger partial charge in [-0.3, -0.25) is 9.59 Å². The summed E-state index contributed by atoms with van der Waals surface area (Å²) >= 11 is 0. The van der Waals surface area contributed by atoms with E-state index < -0.39 is 11.8 Å². The Hall–Kier alpha value is -2.17. The number of halogens is 1. The Morgan fingerprint density at radius 3 is 2.88 bits per heavy atom. The zero-order valence-corrected chi connectivity index (χ0v) is 8.16. The lowest BCUT2D eigenvalue weighted by Crippen LogP contribution is -2.14. The van der Waals surface area contributed by atoms with E-state index in [0.717, 1.165) is 0 Å². The topological polar surface area (TPSA) is 70.2 Å². The number of rotatable bonds is 2. The minimum Gasteiger partial charge on any atom is -0.481 e. The minimum atomic E-state index is -1.08. The first-order chi connectivity index (χ1) is 7.58. The van der Waals surface area contributed by atoms with Crippen LogP contribution in [0.1, 0.15) is 5.56 Å². The second kappa shape index (κ2) is 3.77. The summed E-state index contributed by atoms with van der Waals surface area (Å²) in [4.78, 5) is 25.0. The fourth-order valence-electron chi connectivity index (χ4n) is 1.53. The van der Waals surface area contributed by atoms with Gasteiger partial charge < -0.3 is 10.1 Å². The summed E-state index contributed by atoms with van der Waals surface area (Å²) < 4.78 is 12.9. The van der Waals surface area contributed by atoms with E-state index in [-0.39, 0.29) is 17.4 Å². The Morgan fingerprint density at radius 2 is 2.19 bits per heavy atom. The predicted octanol–water partition coefficient (Wildman–Crippen LogP) is 1.29. The number of aromatic nitrogens is 1. The average molecular weight is 221 g/mol. The van der Waals surface area contributed by atoms with Gasteiger partial charge in [0.1, 0.15) is 5.82 Å². The second-order valence-electron chi connectivity index (χ2n) is 3.40. The van der Waals surface area contributed by atoms with Gasteiger partial charge in [0.25, 0.3) is 0 Å². The van der Waals surface area contributed by atoms with Gasteiger partial charge in [0.15, 0.2) is 5.43 Å². The molecule has 2 rings (SSSR count). The Kier molecular flexibility index (Phi) is 2.44. The maximum Gasteiger partial charge on any atom is 0.308 e. The summed E-state index contributed by atoms with van der Waals surface area (Å²) in [5, 5.41) is 8.89. The van der Waals surface area contributed by atoms with Crippen molar-refractivity contribution in [1.82, 2.24) is 4.98 Å². The molecule has 5 heteroatoms. The van der Waals surface area contributed by atoms with Gasteiger partial charge in [-0.1, -0.05) is 0 Å². The molecule has 0 radical (unpaired) electrons. The van der Waals surface area contributed by atoms with Gasteiger partial charge in [-0.15, -0.1) is 0 Å². The first kappa shape index (κ1) is 10.4. The number of aromatic amines is 1.